The number of nitrogens with one attached hydrogen (secondary N) is 1. The zero-order valence-corrected chi connectivity index (χ0v) is 15.6. The van der Waals surface area contributed by atoms with Crippen LogP contribution in [-0.2, 0) is 4.79 Å². The summed E-state index contributed by atoms with van der Waals surface area (Å²) in [5.74, 6) is 0.245. The maximum atomic E-state index is 12.2. The molecule has 0 unspecified atom stereocenters. The van der Waals surface area contributed by atoms with E-state index in [4.69, 9.17) is 14.2 Å². The minimum Gasteiger partial charge on any atom is -0.497 e. The molecule has 0 spiro atoms. The summed E-state index contributed by atoms with van der Waals surface area (Å²) in [4.78, 5) is 23.4. The van der Waals surface area contributed by atoms with Gasteiger partial charge >= 0.3 is 5.97 Å². The quantitative estimate of drug-likeness (QED) is 0.596. The summed E-state index contributed by atoms with van der Waals surface area (Å²) in [5.41, 5.74) is 0.504. The van der Waals surface area contributed by atoms with E-state index in [1.54, 1.807) is 24.3 Å². The van der Waals surface area contributed by atoms with Gasteiger partial charge in [0, 0.05) is 11.8 Å². The Morgan fingerprint density at radius 2 is 1.55 bits per heavy atom. The fraction of sp³-hybridized carbons (Fsp3) is 0.0909. The number of carboxylic acids is 1. The van der Waals surface area contributed by atoms with Crippen LogP contribution < -0.4 is 19.5 Å². The van der Waals surface area contributed by atoms with Crippen molar-refractivity contribution in [2.24, 2.45) is 0 Å². The fourth-order valence-electron chi connectivity index (χ4n) is 2.50. The molecule has 3 aromatic rings. The van der Waals surface area contributed by atoms with Crippen molar-refractivity contribution in [3.8, 4) is 23.0 Å². The third-order valence-electron chi connectivity index (χ3n) is 3.89. The summed E-state index contributed by atoms with van der Waals surface area (Å²) in [7, 11) is 1.46. The molecule has 3 aromatic carbocycles. The van der Waals surface area contributed by atoms with Gasteiger partial charge in [-0.3, -0.25) is 4.79 Å². The third-order valence-corrected chi connectivity index (χ3v) is 3.89. The molecule has 3 rings (SSSR count). The van der Waals surface area contributed by atoms with Gasteiger partial charge < -0.3 is 24.6 Å². The van der Waals surface area contributed by atoms with E-state index in [1.807, 2.05) is 30.3 Å². The molecule has 0 heterocycles. The number of carbonyl (C=O) groups is 2. The van der Waals surface area contributed by atoms with Crippen molar-refractivity contribution >= 4 is 17.6 Å². The molecule has 0 aliphatic heterocycles. The van der Waals surface area contributed by atoms with Crippen LogP contribution in [0.25, 0.3) is 0 Å². The molecule has 0 saturated heterocycles. The van der Waals surface area contributed by atoms with Gasteiger partial charge in [-0.1, -0.05) is 18.2 Å². The molecule has 0 fully saturated rings. The molecule has 7 heteroatoms. The molecule has 0 aliphatic rings. The summed E-state index contributed by atoms with van der Waals surface area (Å²) in [5, 5.41) is 11.9. The predicted molar refractivity (Wildman–Crippen MR) is 107 cm³/mol. The Morgan fingerprint density at radius 1 is 0.897 bits per heavy atom. The second-order valence-corrected chi connectivity index (χ2v) is 5.94. The van der Waals surface area contributed by atoms with Gasteiger partial charge in [-0.05, 0) is 48.5 Å². The lowest BCUT2D eigenvalue weighted by Crippen LogP contribution is -2.20. The van der Waals surface area contributed by atoms with Crippen molar-refractivity contribution < 1.29 is 28.9 Å². The van der Waals surface area contributed by atoms with Gasteiger partial charge in [-0.25, -0.2) is 4.79 Å². The highest BCUT2D eigenvalue weighted by Gasteiger charge is 2.14. The number of hydrogen-bond donors (Lipinski definition) is 2. The van der Waals surface area contributed by atoms with E-state index in [0.717, 1.165) is 0 Å². The molecule has 0 bridgehead atoms. The van der Waals surface area contributed by atoms with Gasteiger partial charge in [-0.15, -0.1) is 0 Å². The second kappa shape index (κ2) is 9.27. The zero-order valence-electron chi connectivity index (χ0n) is 15.6. The minimum atomic E-state index is -1.16. The number of rotatable bonds is 8. The standard InChI is InChI=1S/C22H19NO6/c1-27-18-11-12-19(22(25)26)20(13-18)28-14-21(24)23-15-7-9-17(10-8-15)29-16-5-3-2-4-6-16/h2-13H,14H2,1H3,(H,23,24)(H,25,26). The first-order valence-corrected chi connectivity index (χ1v) is 8.72. The molecule has 0 saturated carbocycles. The van der Waals surface area contributed by atoms with Crippen LogP contribution in [0.3, 0.4) is 0 Å². The summed E-state index contributed by atoms with van der Waals surface area (Å²) in [6.07, 6.45) is 0. The van der Waals surface area contributed by atoms with Crippen LogP contribution in [0.5, 0.6) is 23.0 Å². The fourth-order valence-corrected chi connectivity index (χ4v) is 2.50. The van der Waals surface area contributed by atoms with E-state index in [0.29, 0.717) is 22.9 Å². The number of benzene rings is 3. The third kappa shape index (κ3) is 5.49. The van der Waals surface area contributed by atoms with Crippen molar-refractivity contribution in [1.29, 1.82) is 0 Å². The van der Waals surface area contributed by atoms with Crippen molar-refractivity contribution in [3.63, 3.8) is 0 Å². The van der Waals surface area contributed by atoms with E-state index < -0.39 is 11.9 Å². The summed E-state index contributed by atoms with van der Waals surface area (Å²) >= 11 is 0. The first kappa shape index (κ1) is 19.8. The number of carbonyl (C=O) groups excluding carboxylic acids is 1. The Bertz CT molecular complexity index is 986. The highest BCUT2D eigenvalue weighted by atomic mass is 16.5. The number of amides is 1. The highest BCUT2D eigenvalue weighted by Crippen LogP contribution is 2.25. The van der Waals surface area contributed by atoms with Gasteiger partial charge in [0.25, 0.3) is 5.91 Å². The molecule has 29 heavy (non-hydrogen) atoms. The molecular formula is C22H19NO6. The predicted octanol–water partition coefficient (Wildman–Crippen LogP) is 4.20. The number of hydrogen-bond acceptors (Lipinski definition) is 5. The largest absolute Gasteiger partial charge is 0.497 e. The monoisotopic (exact) mass is 393 g/mol. The smallest absolute Gasteiger partial charge is 0.339 e. The van der Waals surface area contributed by atoms with Crippen molar-refractivity contribution in [1.82, 2.24) is 0 Å². The Labute approximate surface area is 167 Å². The van der Waals surface area contributed by atoms with Gasteiger partial charge in [0.2, 0.25) is 0 Å². The second-order valence-electron chi connectivity index (χ2n) is 5.94. The molecule has 148 valence electrons. The first-order valence-electron chi connectivity index (χ1n) is 8.72. The minimum absolute atomic E-state index is 0.0543. The van der Waals surface area contributed by atoms with Gasteiger partial charge in [0.1, 0.15) is 28.6 Å². The average molecular weight is 393 g/mol. The number of aromatic carboxylic acids is 1. The number of anilines is 1. The number of para-hydroxylation sites is 1. The number of methoxy groups -OCH3 is 1. The number of carboxylic acid groups (broad SMARTS) is 1. The van der Waals surface area contributed by atoms with Gasteiger partial charge in [-0.2, -0.15) is 0 Å². The molecule has 0 atom stereocenters. The van der Waals surface area contributed by atoms with Crippen LogP contribution in [0.15, 0.2) is 72.8 Å². The Balaban J connectivity index is 1.58. The van der Waals surface area contributed by atoms with E-state index in [9.17, 15) is 14.7 Å². The lowest BCUT2D eigenvalue weighted by atomic mass is 10.2. The molecule has 0 aromatic heterocycles. The van der Waals surface area contributed by atoms with Crippen LogP contribution >= 0.6 is 0 Å². The van der Waals surface area contributed by atoms with E-state index in [-0.39, 0.29) is 17.9 Å². The van der Waals surface area contributed by atoms with Gasteiger partial charge in [0.05, 0.1) is 7.11 Å². The topological polar surface area (TPSA) is 94.1 Å². The lowest BCUT2D eigenvalue weighted by molar-refractivity contribution is -0.118. The normalized spacial score (nSPS) is 10.1. The maximum absolute atomic E-state index is 12.2. The number of ether oxygens (including phenoxy) is 3. The Morgan fingerprint density at radius 3 is 2.21 bits per heavy atom. The summed E-state index contributed by atoms with van der Waals surface area (Å²) in [6, 6.07) is 20.5. The SMILES string of the molecule is COc1ccc(C(=O)O)c(OCC(=O)Nc2ccc(Oc3ccccc3)cc2)c1. The van der Waals surface area contributed by atoms with Crippen molar-refractivity contribution in [3.05, 3.63) is 78.4 Å². The van der Waals surface area contributed by atoms with Crippen LogP contribution in [-0.4, -0.2) is 30.7 Å². The van der Waals surface area contributed by atoms with Crippen LogP contribution in [0.1, 0.15) is 10.4 Å². The molecule has 0 aliphatic carbocycles. The summed E-state index contributed by atoms with van der Waals surface area (Å²) in [6.45, 7) is -0.351. The van der Waals surface area contributed by atoms with Crippen LogP contribution in [0, 0.1) is 0 Å². The van der Waals surface area contributed by atoms with E-state index >= 15 is 0 Å². The molecular weight excluding hydrogens is 374 g/mol. The first-order chi connectivity index (χ1) is 14.0. The zero-order chi connectivity index (χ0) is 20.6. The molecule has 1 amide bonds. The molecule has 7 nitrogen and oxygen atoms in total. The van der Waals surface area contributed by atoms with Crippen LogP contribution in [0.2, 0.25) is 0 Å². The summed E-state index contributed by atoms with van der Waals surface area (Å²) < 4.78 is 16.1. The Kier molecular flexibility index (Phi) is 6.32. The highest BCUT2D eigenvalue weighted by molar-refractivity contribution is 5.93. The van der Waals surface area contributed by atoms with E-state index in [2.05, 4.69) is 5.32 Å². The lowest BCUT2D eigenvalue weighted by Gasteiger charge is -2.11. The van der Waals surface area contributed by atoms with Crippen LogP contribution in [0.4, 0.5) is 5.69 Å². The average Bonchev–Trinajstić information content (AvgIpc) is 2.74. The van der Waals surface area contributed by atoms with Gasteiger partial charge in [0.15, 0.2) is 6.61 Å². The van der Waals surface area contributed by atoms with Crippen molar-refractivity contribution in [2.45, 2.75) is 0 Å². The van der Waals surface area contributed by atoms with Crippen molar-refractivity contribution in [2.75, 3.05) is 19.0 Å². The maximum Gasteiger partial charge on any atom is 0.339 e. The van der Waals surface area contributed by atoms with E-state index in [1.165, 1.54) is 25.3 Å². The molecule has 0 radical (unpaired) electrons. The molecule has 2 N–H and O–H groups in total. The Hall–Kier alpha value is -4.00.